The number of hydrogen-bond acceptors (Lipinski definition) is 2. The minimum Gasteiger partial charge on any atom is -0.352 e. The van der Waals surface area contributed by atoms with E-state index < -0.39 is 0 Å². The second-order valence-electron chi connectivity index (χ2n) is 5.90. The Morgan fingerprint density at radius 2 is 1.60 bits per heavy atom. The van der Waals surface area contributed by atoms with Gasteiger partial charge in [-0.25, -0.2) is 0 Å². The van der Waals surface area contributed by atoms with Crippen molar-refractivity contribution >= 4 is 28.3 Å². The second-order valence-corrected chi connectivity index (χ2v) is 5.90. The molecule has 0 unspecified atom stereocenters. The maximum atomic E-state index is 12.2. The monoisotopic (exact) mass is 332 g/mol. The van der Waals surface area contributed by atoms with E-state index in [1.807, 2.05) is 18.2 Å². The minimum absolute atomic E-state index is 0.116. The molecule has 0 heterocycles. The minimum atomic E-state index is -0.132. The highest BCUT2D eigenvalue weighted by molar-refractivity contribution is 5.95. The Bertz CT molecular complexity index is 896. The molecular weight excluding hydrogens is 312 g/mol. The highest BCUT2D eigenvalue weighted by Gasteiger charge is 2.06. The van der Waals surface area contributed by atoms with Gasteiger partial charge in [0.25, 0.3) is 5.91 Å². The third kappa shape index (κ3) is 4.23. The predicted octanol–water partition coefficient (Wildman–Crippen LogP) is 3.77. The van der Waals surface area contributed by atoms with Gasteiger partial charge in [-0.1, -0.05) is 42.5 Å². The summed E-state index contributed by atoms with van der Waals surface area (Å²) in [5, 5.41) is 8.06. The molecule has 0 radical (unpaired) electrons. The number of benzene rings is 3. The van der Waals surface area contributed by atoms with Gasteiger partial charge in [0.1, 0.15) is 0 Å². The Labute approximate surface area is 146 Å². The van der Waals surface area contributed by atoms with Crippen molar-refractivity contribution in [3.63, 3.8) is 0 Å². The first-order chi connectivity index (χ1) is 12.1. The van der Waals surface area contributed by atoms with E-state index in [1.54, 1.807) is 24.3 Å². The smallest absolute Gasteiger partial charge is 0.251 e. The van der Waals surface area contributed by atoms with Crippen molar-refractivity contribution in [1.82, 2.24) is 5.32 Å². The van der Waals surface area contributed by atoms with Crippen LogP contribution in [0.15, 0.2) is 66.7 Å². The molecule has 3 aromatic carbocycles. The summed E-state index contributed by atoms with van der Waals surface area (Å²) >= 11 is 0. The van der Waals surface area contributed by atoms with E-state index in [0.717, 1.165) is 6.42 Å². The fourth-order valence-corrected chi connectivity index (χ4v) is 2.83. The van der Waals surface area contributed by atoms with Gasteiger partial charge in [0.2, 0.25) is 5.91 Å². The quantitative estimate of drug-likeness (QED) is 0.747. The number of carbonyl (C=O) groups excluding carboxylic acids is 2. The Morgan fingerprint density at radius 3 is 2.36 bits per heavy atom. The molecule has 0 fully saturated rings. The van der Waals surface area contributed by atoms with Crippen molar-refractivity contribution in [3.8, 4) is 0 Å². The second kappa shape index (κ2) is 7.62. The number of carbonyl (C=O) groups is 2. The van der Waals surface area contributed by atoms with Gasteiger partial charge < -0.3 is 10.6 Å². The molecule has 0 aromatic heterocycles. The molecule has 0 atom stereocenters. The van der Waals surface area contributed by atoms with Crippen molar-refractivity contribution in [2.75, 3.05) is 11.9 Å². The van der Waals surface area contributed by atoms with Gasteiger partial charge in [-0.05, 0) is 47.0 Å². The van der Waals surface area contributed by atoms with Crippen molar-refractivity contribution in [3.05, 3.63) is 77.9 Å². The molecule has 0 spiro atoms. The summed E-state index contributed by atoms with van der Waals surface area (Å²) in [6.45, 7) is 2.02. The van der Waals surface area contributed by atoms with Crippen molar-refractivity contribution in [1.29, 1.82) is 0 Å². The molecule has 0 saturated heterocycles. The molecule has 0 aliphatic heterocycles. The zero-order chi connectivity index (χ0) is 17.6. The van der Waals surface area contributed by atoms with Crippen LogP contribution in [-0.4, -0.2) is 18.4 Å². The summed E-state index contributed by atoms with van der Waals surface area (Å²) in [6.07, 6.45) is 0.775. The van der Waals surface area contributed by atoms with Crippen molar-refractivity contribution in [2.45, 2.75) is 13.3 Å². The fourth-order valence-electron chi connectivity index (χ4n) is 2.83. The Kier molecular flexibility index (Phi) is 5.09. The van der Waals surface area contributed by atoms with Crippen molar-refractivity contribution < 1.29 is 9.59 Å². The molecule has 25 heavy (non-hydrogen) atoms. The van der Waals surface area contributed by atoms with Crippen LogP contribution in [0.2, 0.25) is 0 Å². The van der Waals surface area contributed by atoms with E-state index in [-0.39, 0.29) is 11.8 Å². The van der Waals surface area contributed by atoms with Crippen LogP contribution >= 0.6 is 0 Å². The largest absolute Gasteiger partial charge is 0.352 e. The molecule has 0 aliphatic carbocycles. The van der Waals surface area contributed by atoms with Gasteiger partial charge >= 0.3 is 0 Å². The maximum Gasteiger partial charge on any atom is 0.251 e. The van der Waals surface area contributed by atoms with Crippen LogP contribution < -0.4 is 10.6 Å². The summed E-state index contributed by atoms with van der Waals surface area (Å²) in [4.78, 5) is 23.2. The first kappa shape index (κ1) is 16.7. The van der Waals surface area contributed by atoms with Crippen LogP contribution in [-0.2, 0) is 11.2 Å². The van der Waals surface area contributed by atoms with Crippen molar-refractivity contribution in [2.24, 2.45) is 0 Å². The van der Waals surface area contributed by atoms with Crippen LogP contribution in [0.25, 0.3) is 10.8 Å². The lowest BCUT2D eigenvalue weighted by Gasteiger charge is -2.09. The normalized spacial score (nSPS) is 10.4. The first-order valence-corrected chi connectivity index (χ1v) is 8.26. The number of amides is 2. The van der Waals surface area contributed by atoms with Crippen LogP contribution in [0.1, 0.15) is 22.8 Å². The van der Waals surface area contributed by atoms with Crippen LogP contribution in [0.3, 0.4) is 0 Å². The van der Waals surface area contributed by atoms with Crippen LogP contribution in [0.4, 0.5) is 5.69 Å². The molecule has 0 aliphatic rings. The van der Waals surface area contributed by atoms with Gasteiger partial charge in [-0.15, -0.1) is 0 Å². The molecule has 0 saturated carbocycles. The lowest BCUT2D eigenvalue weighted by atomic mass is 10.0. The zero-order valence-corrected chi connectivity index (χ0v) is 14.1. The van der Waals surface area contributed by atoms with E-state index in [0.29, 0.717) is 17.8 Å². The topological polar surface area (TPSA) is 58.2 Å². The molecule has 0 bridgehead atoms. The molecule has 2 amide bonds. The molecule has 4 nitrogen and oxygen atoms in total. The summed E-state index contributed by atoms with van der Waals surface area (Å²) < 4.78 is 0. The van der Waals surface area contributed by atoms with Gasteiger partial charge in [0.05, 0.1) is 0 Å². The average Bonchev–Trinajstić information content (AvgIpc) is 2.62. The molecule has 126 valence electrons. The predicted molar refractivity (Wildman–Crippen MR) is 101 cm³/mol. The van der Waals surface area contributed by atoms with Gasteiger partial charge in [0.15, 0.2) is 0 Å². The standard InChI is InChI=1S/C21H20N2O2/c1-15(24)23-19-11-9-18(10-12-19)21(25)22-14-13-17-7-4-6-16-5-2-3-8-20(16)17/h2-12H,13-14H2,1H3,(H,22,25)(H,23,24). The van der Waals surface area contributed by atoms with E-state index in [2.05, 4.69) is 34.9 Å². The van der Waals surface area contributed by atoms with E-state index in [9.17, 15) is 9.59 Å². The average molecular weight is 332 g/mol. The highest BCUT2D eigenvalue weighted by Crippen LogP contribution is 2.18. The fraction of sp³-hybridized carbons (Fsp3) is 0.143. The van der Waals surface area contributed by atoms with E-state index in [1.165, 1.54) is 23.3 Å². The molecule has 3 aromatic rings. The summed E-state index contributed by atoms with van der Waals surface area (Å²) in [6, 6.07) is 21.3. The number of rotatable bonds is 5. The first-order valence-electron chi connectivity index (χ1n) is 8.26. The SMILES string of the molecule is CC(=O)Nc1ccc(C(=O)NCCc2cccc3ccccc23)cc1. The van der Waals surface area contributed by atoms with E-state index >= 15 is 0 Å². The van der Waals surface area contributed by atoms with Gasteiger partial charge in [-0.2, -0.15) is 0 Å². The Morgan fingerprint density at radius 1 is 0.880 bits per heavy atom. The molecule has 3 rings (SSSR count). The lowest BCUT2D eigenvalue weighted by molar-refractivity contribution is -0.114. The molecular formula is C21H20N2O2. The van der Waals surface area contributed by atoms with Crippen LogP contribution in [0.5, 0.6) is 0 Å². The van der Waals surface area contributed by atoms with Gasteiger partial charge in [-0.3, -0.25) is 9.59 Å². The van der Waals surface area contributed by atoms with E-state index in [4.69, 9.17) is 0 Å². The lowest BCUT2D eigenvalue weighted by Crippen LogP contribution is -2.25. The highest BCUT2D eigenvalue weighted by atomic mass is 16.2. The Hall–Kier alpha value is -3.14. The number of hydrogen-bond donors (Lipinski definition) is 2. The number of anilines is 1. The Balaban J connectivity index is 1.59. The van der Waals surface area contributed by atoms with Crippen LogP contribution in [0, 0.1) is 0 Å². The summed E-state index contributed by atoms with van der Waals surface area (Å²) in [5.74, 6) is -0.248. The third-order valence-electron chi connectivity index (χ3n) is 4.03. The zero-order valence-electron chi connectivity index (χ0n) is 14.1. The number of fused-ring (bicyclic) bond motifs is 1. The molecule has 2 N–H and O–H groups in total. The maximum absolute atomic E-state index is 12.2. The summed E-state index contributed by atoms with van der Waals surface area (Å²) in [7, 11) is 0. The number of nitrogens with one attached hydrogen (secondary N) is 2. The molecule has 4 heteroatoms. The van der Waals surface area contributed by atoms with Gasteiger partial charge in [0, 0.05) is 24.7 Å². The summed E-state index contributed by atoms with van der Waals surface area (Å²) in [5.41, 5.74) is 2.48. The third-order valence-corrected chi connectivity index (χ3v) is 4.03.